The summed E-state index contributed by atoms with van der Waals surface area (Å²) in [5, 5.41) is 3.98. The van der Waals surface area contributed by atoms with E-state index in [2.05, 4.69) is 65.4 Å². The summed E-state index contributed by atoms with van der Waals surface area (Å²) in [5.41, 5.74) is 5.78. The van der Waals surface area contributed by atoms with Crippen LogP contribution in [0.15, 0.2) is 65.1 Å². The summed E-state index contributed by atoms with van der Waals surface area (Å²) >= 11 is 10.2. The predicted molar refractivity (Wildman–Crippen MR) is 117 cm³/mol. The lowest BCUT2D eigenvalue weighted by Gasteiger charge is -2.15. The maximum absolute atomic E-state index is 6.45. The van der Waals surface area contributed by atoms with Crippen molar-refractivity contribution in [3.05, 3.63) is 86.8 Å². The van der Waals surface area contributed by atoms with Gasteiger partial charge in [-0.25, -0.2) is 0 Å². The molecule has 1 N–H and O–H groups in total. The van der Waals surface area contributed by atoms with Gasteiger partial charge in [0.25, 0.3) is 0 Å². The molecule has 4 heteroatoms. The molecule has 0 saturated heterocycles. The molecule has 0 atom stereocenters. The molecule has 2 nitrogen and oxygen atoms in total. The Morgan fingerprint density at radius 1 is 1.00 bits per heavy atom. The summed E-state index contributed by atoms with van der Waals surface area (Å²) < 4.78 is 7.10. The molecule has 0 unspecified atom stereocenters. The maximum Gasteiger partial charge on any atom is 0.138 e. The van der Waals surface area contributed by atoms with Gasteiger partial charge in [0.2, 0.25) is 0 Å². The lowest BCUT2D eigenvalue weighted by Crippen LogP contribution is -2.12. The van der Waals surface area contributed by atoms with Gasteiger partial charge in [0.15, 0.2) is 0 Å². The lowest BCUT2D eigenvalue weighted by atomic mass is 10.0. The highest BCUT2D eigenvalue weighted by molar-refractivity contribution is 9.10. The Labute approximate surface area is 174 Å². The molecule has 3 aromatic carbocycles. The first kappa shape index (κ1) is 19.9. The van der Waals surface area contributed by atoms with Gasteiger partial charge in [-0.15, -0.1) is 0 Å². The van der Waals surface area contributed by atoms with Crippen LogP contribution in [-0.4, -0.2) is 6.54 Å². The molecule has 27 heavy (non-hydrogen) atoms. The average molecular weight is 445 g/mol. The molecule has 0 spiro atoms. The predicted octanol–water partition coefficient (Wildman–Crippen LogP) is 6.77. The van der Waals surface area contributed by atoms with Gasteiger partial charge in [0.05, 0.1) is 5.02 Å². The Bertz CT molecular complexity index is 912. The molecule has 0 radical (unpaired) electrons. The fourth-order valence-corrected chi connectivity index (χ4v) is 3.79. The Hall–Kier alpha value is -1.81. The van der Waals surface area contributed by atoms with E-state index in [-0.39, 0.29) is 0 Å². The van der Waals surface area contributed by atoms with Gasteiger partial charge in [-0.2, -0.15) is 0 Å². The largest absolute Gasteiger partial charge is 0.487 e. The first-order chi connectivity index (χ1) is 13.1. The molecule has 0 heterocycles. The summed E-state index contributed by atoms with van der Waals surface area (Å²) in [4.78, 5) is 0. The molecular weight excluding hydrogens is 422 g/mol. The second-order valence-corrected chi connectivity index (χ2v) is 7.62. The van der Waals surface area contributed by atoms with E-state index in [0.717, 1.165) is 28.7 Å². The van der Waals surface area contributed by atoms with E-state index < -0.39 is 0 Å². The van der Waals surface area contributed by atoms with Crippen LogP contribution in [0.2, 0.25) is 5.02 Å². The van der Waals surface area contributed by atoms with Crippen molar-refractivity contribution in [2.45, 2.75) is 27.0 Å². The van der Waals surface area contributed by atoms with Gasteiger partial charge in [0.1, 0.15) is 12.4 Å². The van der Waals surface area contributed by atoms with Crippen molar-refractivity contribution in [3.63, 3.8) is 0 Å². The van der Waals surface area contributed by atoms with Crippen molar-refractivity contribution in [2.75, 3.05) is 6.54 Å². The summed E-state index contributed by atoms with van der Waals surface area (Å²) in [6, 6.07) is 20.6. The third kappa shape index (κ3) is 4.92. The summed E-state index contributed by atoms with van der Waals surface area (Å²) in [5.74, 6) is 0.714. The van der Waals surface area contributed by atoms with Crippen LogP contribution in [0.1, 0.15) is 23.6 Å². The van der Waals surface area contributed by atoms with Crippen LogP contribution in [0, 0.1) is 6.92 Å². The van der Waals surface area contributed by atoms with E-state index in [1.165, 1.54) is 16.7 Å². The number of halogens is 2. The van der Waals surface area contributed by atoms with Crippen LogP contribution in [0.4, 0.5) is 0 Å². The molecule has 3 aromatic rings. The van der Waals surface area contributed by atoms with Crippen LogP contribution in [0.3, 0.4) is 0 Å². The molecule has 3 rings (SSSR count). The Morgan fingerprint density at radius 3 is 2.52 bits per heavy atom. The van der Waals surface area contributed by atoms with Crippen molar-refractivity contribution in [3.8, 4) is 16.9 Å². The highest BCUT2D eigenvalue weighted by Gasteiger charge is 2.11. The fourth-order valence-electron chi connectivity index (χ4n) is 2.94. The zero-order valence-electron chi connectivity index (χ0n) is 15.6. The molecule has 0 aromatic heterocycles. The van der Waals surface area contributed by atoms with Crippen LogP contribution < -0.4 is 10.1 Å². The molecular formula is C23H23BrClNO. The Balaban J connectivity index is 1.78. The van der Waals surface area contributed by atoms with Gasteiger partial charge in [0, 0.05) is 16.6 Å². The molecule has 0 aliphatic rings. The van der Waals surface area contributed by atoms with E-state index in [1.807, 2.05) is 30.3 Å². The average Bonchev–Trinajstić information content (AvgIpc) is 2.69. The van der Waals surface area contributed by atoms with E-state index >= 15 is 0 Å². The smallest absolute Gasteiger partial charge is 0.138 e. The highest BCUT2D eigenvalue weighted by atomic mass is 79.9. The lowest BCUT2D eigenvalue weighted by molar-refractivity contribution is 0.305. The van der Waals surface area contributed by atoms with Gasteiger partial charge >= 0.3 is 0 Å². The Kier molecular flexibility index (Phi) is 6.95. The second-order valence-electron chi connectivity index (χ2n) is 6.42. The van der Waals surface area contributed by atoms with E-state index in [0.29, 0.717) is 17.4 Å². The molecule has 0 saturated carbocycles. The minimum atomic E-state index is 0.451. The van der Waals surface area contributed by atoms with E-state index in [9.17, 15) is 0 Å². The minimum Gasteiger partial charge on any atom is -0.487 e. The molecule has 0 amide bonds. The SMILES string of the molecule is CCNCc1cc(Cl)c(OCc2cccc(-c3ccccc3)c2Br)cc1C. The second kappa shape index (κ2) is 9.41. The van der Waals surface area contributed by atoms with Gasteiger partial charge in [-0.3, -0.25) is 0 Å². The number of aryl methyl sites for hydroxylation is 1. The normalized spacial score (nSPS) is 10.8. The first-order valence-corrected chi connectivity index (χ1v) is 10.2. The minimum absolute atomic E-state index is 0.451. The van der Waals surface area contributed by atoms with Gasteiger partial charge in [-0.05, 0) is 63.8 Å². The number of rotatable bonds is 7. The van der Waals surface area contributed by atoms with Gasteiger partial charge < -0.3 is 10.1 Å². The third-order valence-corrected chi connectivity index (χ3v) is 5.73. The Morgan fingerprint density at radius 2 is 1.78 bits per heavy atom. The topological polar surface area (TPSA) is 21.3 Å². The third-order valence-electron chi connectivity index (χ3n) is 4.50. The van der Waals surface area contributed by atoms with Crippen molar-refractivity contribution in [1.29, 1.82) is 0 Å². The van der Waals surface area contributed by atoms with Crippen molar-refractivity contribution in [1.82, 2.24) is 5.32 Å². The number of ether oxygens (including phenoxy) is 1. The molecule has 140 valence electrons. The fraction of sp³-hybridized carbons (Fsp3) is 0.217. The van der Waals surface area contributed by atoms with Crippen LogP contribution in [0.5, 0.6) is 5.75 Å². The van der Waals surface area contributed by atoms with Crippen molar-refractivity contribution < 1.29 is 4.74 Å². The maximum atomic E-state index is 6.45. The molecule has 0 bridgehead atoms. The molecule has 0 fully saturated rings. The summed E-state index contributed by atoms with van der Waals surface area (Å²) in [6.45, 7) is 6.37. The number of nitrogens with one attached hydrogen (secondary N) is 1. The standard InChI is InChI=1S/C23H23BrClNO/c1-3-26-14-19-13-21(25)22(12-16(19)2)27-15-18-10-7-11-20(23(18)24)17-8-5-4-6-9-17/h4-13,26H,3,14-15H2,1-2H3. The van der Waals surface area contributed by atoms with Crippen LogP contribution >= 0.6 is 27.5 Å². The first-order valence-electron chi connectivity index (χ1n) is 9.05. The number of benzene rings is 3. The summed E-state index contributed by atoms with van der Waals surface area (Å²) in [6.07, 6.45) is 0. The molecule has 0 aliphatic carbocycles. The molecule has 0 aliphatic heterocycles. The highest BCUT2D eigenvalue weighted by Crippen LogP contribution is 2.33. The van der Waals surface area contributed by atoms with Crippen LogP contribution in [-0.2, 0) is 13.2 Å². The van der Waals surface area contributed by atoms with Gasteiger partial charge in [-0.1, -0.05) is 67.1 Å². The van der Waals surface area contributed by atoms with Crippen molar-refractivity contribution in [2.24, 2.45) is 0 Å². The monoisotopic (exact) mass is 443 g/mol. The number of hydrogen-bond acceptors (Lipinski definition) is 2. The van der Waals surface area contributed by atoms with Crippen molar-refractivity contribution >= 4 is 27.5 Å². The zero-order chi connectivity index (χ0) is 19.2. The number of hydrogen-bond donors (Lipinski definition) is 1. The summed E-state index contributed by atoms with van der Waals surface area (Å²) in [7, 11) is 0. The quantitative estimate of drug-likeness (QED) is 0.434. The van der Waals surface area contributed by atoms with E-state index in [4.69, 9.17) is 16.3 Å². The van der Waals surface area contributed by atoms with Crippen LogP contribution in [0.25, 0.3) is 11.1 Å². The zero-order valence-corrected chi connectivity index (χ0v) is 17.9. The van der Waals surface area contributed by atoms with E-state index in [1.54, 1.807) is 0 Å².